The lowest BCUT2D eigenvalue weighted by Crippen LogP contribution is -2.15. The Kier molecular flexibility index (Phi) is 4.59. The fourth-order valence-corrected chi connectivity index (χ4v) is 2.87. The van der Waals surface area contributed by atoms with Gasteiger partial charge in [-0.2, -0.15) is 5.10 Å². The van der Waals surface area contributed by atoms with E-state index in [0.29, 0.717) is 18.2 Å². The third-order valence-corrected chi connectivity index (χ3v) is 4.40. The van der Waals surface area contributed by atoms with Crippen molar-refractivity contribution in [2.75, 3.05) is 11.9 Å². The Morgan fingerprint density at radius 1 is 1.19 bits per heavy atom. The molecule has 132 valence electrons. The lowest BCUT2D eigenvalue weighted by atomic mass is 10.2. The molecule has 26 heavy (non-hydrogen) atoms. The normalized spacial score (nSPS) is 18.3. The number of benzene rings is 1. The number of pyridine rings is 1. The highest BCUT2D eigenvalue weighted by molar-refractivity contribution is 5.94. The highest BCUT2D eigenvalue weighted by atomic mass is 16.5. The number of rotatable bonds is 7. The van der Waals surface area contributed by atoms with Crippen LogP contribution in [0.25, 0.3) is 0 Å². The molecule has 1 aliphatic carbocycles. The van der Waals surface area contributed by atoms with Crippen molar-refractivity contribution in [1.29, 1.82) is 0 Å². The Morgan fingerprint density at radius 2 is 2.08 bits per heavy atom. The van der Waals surface area contributed by atoms with Crippen LogP contribution in [0.15, 0.2) is 55.0 Å². The van der Waals surface area contributed by atoms with E-state index < -0.39 is 0 Å². The molecule has 7 heteroatoms. The summed E-state index contributed by atoms with van der Waals surface area (Å²) in [5, 5.41) is 9.53. The van der Waals surface area contributed by atoms with Crippen LogP contribution in [-0.2, 0) is 11.2 Å². The van der Waals surface area contributed by atoms with Gasteiger partial charge in [-0.25, -0.2) is 9.97 Å². The molecule has 1 aliphatic rings. The van der Waals surface area contributed by atoms with Crippen molar-refractivity contribution in [3.63, 3.8) is 0 Å². The Bertz CT molecular complexity index is 849. The number of carbonyl (C=O) groups is 1. The van der Waals surface area contributed by atoms with Crippen LogP contribution in [0.2, 0.25) is 0 Å². The summed E-state index contributed by atoms with van der Waals surface area (Å²) in [6.45, 7) is 0.559. The molecule has 2 N–H and O–H groups in total. The Labute approximate surface area is 150 Å². The summed E-state index contributed by atoms with van der Waals surface area (Å²) in [6.07, 6.45) is 4.69. The minimum absolute atomic E-state index is 0.0223. The maximum atomic E-state index is 12.3. The number of hydrogen-bond acceptors (Lipinski definition) is 5. The number of amides is 1. The maximum absolute atomic E-state index is 12.3. The molecule has 2 atom stereocenters. The lowest BCUT2D eigenvalue weighted by Gasteiger charge is -2.07. The molecule has 0 saturated heterocycles. The molecule has 0 radical (unpaired) electrons. The van der Waals surface area contributed by atoms with Crippen molar-refractivity contribution in [1.82, 2.24) is 20.2 Å². The molecular weight excluding hydrogens is 330 g/mol. The predicted molar refractivity (Wildman–Crippen MR) is 95.7 cm³/mol. The Morgan fingerprint density at radius 3 is 2.81 bits per heavy atom. The third kappa shape index (κ3) is 3.88. The maximum Gasteiger partial charge on any atom is 0.228 e. The summed E-state index contributed by atoms with van der Waals surface area (Å²) in [7, 11) is 0. The van der Waals surface area contributed by atoms with E-state index in [-0.39, 0.29) is 17.7 Å². The predicted octanol–water partition coefficient (Wildman–Crippen LogP) is 2.56. The van der Waals surface area contributed by atoms with Crippen molar-refractivity contribution >= 4 is 11.6 Å². The molecule has 0 aliphatic heterocycles. The summed E-state index contributed by atoms with van der Waals surface area (Å²) in [6, 6.07) is 13.7. The Balaban J connectivity index is 1.25. The fourth-order valence-electron chi connectivity index (χ4n) is 2.87. The number of H-pyrrole nitrogens is 1. The van der Waals surface area contributed by atoms with Crippen molar-refractivity contribution in [3.8, 4) is 5.88 Å². The van der Waals surface area contributed by atoms with E-state index in [1.165, 1.54) is 11.9 Å². The highest BCUT2D eigenvalue weighted by Crippen LogP contribution is 2.46. The number of hydrogen-bond donors (Lipinski definition) is 2. The molecule has 7 nitrogen and oxygen atoms in total. The number of aromatic amines is 1. The molecule has 3 aromatic rings. The molecule has 1 amide bonds. The van der Waals surface area contributed by atoms with Crippen LogP contribution in [0, 0.1) is 5.92 Å². The zero-order valence-electron chi connectivity index (χ0n) is 14.1. The smallest absolute Gasteiger partial charge is 0.228 e. The number of ether oxygens (including phenoxy) is 1. The van der Waals surface area contributed by atoms with Crippen LogP contribution in [0.3, 0.4) is 0 Å². The first-order valence-electron chi connectivity index (χ1n) is 8.58. The van der Waals surface area contributed by atoms with Gasteiger partial charge in [-0.3, -0.25) is 9.89 Å². The van der Waals surface area contributed by atoms with Gasteiger partial charge in [0.15, 0.2) is 0 Å². The van der Waals surface area contributed by atoms with E-state index in [0.717, 1.165) is 18.7 Å². The van der Waals surface area contributed by atoms with Gasteiger partial charge in [0.2, 0.25) is 11.8 Å². The van der Waals surface area contributed by atoms with Gasteiger partial charge in [0.25, 0.3) is 0 Å². The first-order chi connectivity index (χ1) is 12.8. The monoisotopic (exact) mass is 349 g/mol. The topological polar surface area (TPSA) is 92.8 Å². The number of carbonyl (C=O) groups excluding carboxylic acids is 1. The molecule has 1 fully saturated rings. The van der Waals surface area contributed by atoms with Crippen molar-refractivity contribution in [2.45, 2.75) is 18.8 Å². The zero-order chi connectivity index (χ0) is 17.8. The molecule has 2 heterocycles. The van der Waals surface area contributed by atoms with E-state index >= 15 is 0 Å². The van der Waals surface area contributed by atoms with E-state index in [1.807, 2.05) is 18.2 Å². The largest absolute Gasteiger partial charge is 0.477 e. The van der Waals surface area contributed by atoms with Crippen LogP contribution >= 0.6 is 0 Å². The molecule has 0 bridgehead atoms. The van der Waals surface area contributed by atoms with Crippen LogP contribution in [0.4, 0.5) is 5.69 Å². The van der Waals surface area contributed by atoms with Gasteiger partial charge in [-0.15, -0.1) is 0 Å². The molecule has 4 rings (SSSR count). The SMILES string of the molecule is O=C(Nc1ccc(OCCc2ccccc2)nc1)[C@@H]1C[C@@H]1c1ncn[nH]1. The average molecular weight is 349 g/mol. The molecule has 1 aromatic carbocycles. The van der Waals surface area contributed by atoms with Crippen LogP contribution < -0.4 is 10.1 Å². The van der Waals surface area contributed by atoms with E-state index in [2.05, 4.69) is 37.6 Å². The van der Waals surface area contributed by atoms with Gasteiger partial charge in [0.1, 0.15) is 12.2 Å². The van der Waals surface area contributed by atoms with Gasteiger partial charge in [0.05, 0.1) is 18.5 Å². The second kappa shape index (κ2) is 7.35. The summed E-state index contributed by atoms with van der Waals surface area (Å²) >= 11 is 0. The fraction of sp³-hybridized carbons (Fsp3) is 0.263. The molecule has 0 spiro atoms. The van der Waals surface area contributed by atoms with Crippen LogP contribution in [0.1, 0.15) is 23.7 Å². The molecule has 2 aromatic heterocycles. The van der Waals surface area contributed by atoms with Gasteiger partial charge >= 0.3 is 0 Å². The lowest BCUT2D eigenvalue weighted by molar-refractivity contribution is -0.117. The summed E-state index contributed by atoms with van der Waals surface area (Å²) in [4.78, 5) is 20.6. The second-order valence-electron chi connectivity index (χ2n) is 6.28. The van der Waals surface area contributed by atoms with Gasteiger partial charge in [-0.05, 0) is 18.1 Å². The minimum Gasteiger partial charge on any atom is -0.477 e. The van der Waals surface area contributed by atoms with Gasteiger partial charge in [0, 0.05) is 24.3 Å². The third-order valence-electron chi connectivity index (χ3n) is 4.40. The van der Waals surface area contributed by atoms with E-state index in [9.17, 15) is 4.79 Å². The van der Waals surface area contributed by atoms with Crippen LogP contribution in [-0.4, -0.2) is 32.7 Å². The summed E-state index contributed by atoms with van der Waals surface area (Å²) in [5.74, 6) is 1.36. The van der Waals surface area contributed by atoms with Crippen molar-refractivity contribution in [2.24, 2.45) is 5.92 Å². The van der Waals surface area contributed by atoms with E-state index in [4.69, 9.17) is 4.74 Å². The van der Waals surface area contributed by atoms with Gasteiger partial charge < -0.3 is 10.1 Å². The zero-order valence-corrected chi connectivity index (χ0v) is 14.1. The Hall–Kier alpha value is -3.22. The first-order valence-corrected chi connectivity index (χ1v) is 8.58. The number of anilines is 1. The number of nitrogens with one attached hydrogen (secondary N) is 2. The second-order valence-corrected chi connectivity index (χ2v) is 6.28. The quantitative estimate of drug-likeness (QED) is 0.684. The summed E-state index contributed by atoms with van der Waals surface area (Å²) in [5.41, 5.74) is 1.88. The summed E-state index contributed by atoms with van der Waals surface area (Å²) < 4.78 is 5.65. The van der Waals surface area contributed by atoms with E-state index in [1.54, 1.807) is 18.3 Å². The minimum atomic E-state index is -0.0650. The highest BCUT2D eigenvalue weighted by Gasteiger charge is 2.46. The number of aromatic nitrogens is 4. The number of nitrogens with zero attached hydrogens (tertiary/aromatic N) is 3. The molecular formula is C19H19N5O2. The molecule has 1 saturated carbocycles. The molecule has 0 unspecified atom stereocenters. The van der Waals surface area contributed by atoms with Crippen molar-refractivity contribution < 1.29 is 9.53 Å². The van der Waals surface area contributed by atoms with Crippen LogP contribution in [0.5, 0.6) is 5.88 Å². The first kappa shape index (κ1) is 16.3. The standard InChI is InChI=1S/C19H19N5O2/c25-19(16-10-15(16)18-21-12-22-24-18)23-14-6-7-17(20-11-14)26-9-8-13-4-2-1-3-5-13/h1-7,11-12,15-16H,8-10H2,(H,23,25)(H,21,22,24)/t15-,16+/m0/s1. The van der Waals surface area contributed by atoms with Crippen molar-refractivity contribution in [3.05, 3.63) is 66.4 Å². The van der Waals surface area contributed by atoms with Gasteiger partial charge in [-0.1, -0.05) is 30.3 Å². The average Bonchev–Trinajstić information content (AvgIpc) is 3.29.